The first-order valence-electron chi connectivity index (χ1n) is 11.8. The van der Waals surface area contributed by atoms with Crippen LogP contribution in [-0.4, -0.2) is 36.3 Å². The topological polar surface area (TPSA) is 76.4 Å². The summed E-state index contributed by atoms with van der Waals surface area (Å²) in [6, 6.07) is 19.7. The van der Waals surface area contributed by atoms with Gasteiger partial charge < -0.3 is 10.2 Å². The molecule has 2 amide bonds. The number of rotatable bonds is 10. The minimum atomic E-state index is -0.150. The summed E-state index contributed by atoms with van der Waals surface area (Å²) in [5.74, 6) is 0.535. The van der Waals surface area contributed by atoms with Crippen molar-refractivity contribution in [2.24, 2.45) is 5.92 Å². The summed E-state index contributed by atoms with van der Waals surface area (Å²) < 4.78 is 0. The smallest absolute Gasteiger partial charge is 0.227 e. The molecule has 1 fully saturated rings. The zero-order chi connectivity index (χ0) is 23.5. The quantitative estimate of drug-likeness (QED) is 0.592. The van der Waals surface area contributed by atoms with Crippen LogP contribution in [0.25, 0.3) is 0 Å². The molecule has 174 valence electrons. The molecule has 1 aliphatic rings. The van der Waals surface area contributed by atoms with Gasteiger partial charge in [-0.25, -0.2) is 0 Å². The number of hydrogen-bond donors (Lipinski definition) is 1. The van der Waals surface area contributed by atoms with Gasteiger partial charge in [0.05, 0.1) is 12.5 Å². The minimum absolute atomic E-state index is 0.111. The maximum Gasteiger partial charge on any atom is 0.227 e. The van der Waals surface area contributed by atoms with Gasteiger partial charge in [0.15, 0.2) is 0 Å². The Hall–Kier alpha value is -3.17. The Balaban J connectivity index is 1.42. The molecule has 2 aromatic carbocycles. The maximum absolute atomic E-state index is 12.7. The highest BCUT2D eigenvalue weighted by molar-refractivity contribution is 5.95. The summed E-state index contributed by atoms with van der Waals surface area (Å²) in [6.45, 7) is 6.40. The summed E-state index contributed by atoms with van der Waals surface area (Å²) in [5, 5.41) is 11.8. The number of carbonyl (C=O) groups is 2. The van der Waals surface area contributed by atoms with Crippen LogP contribution in [0.1, 0.15) is 50.2 Å². The van der Waals surface area contributed by atoms with Crippen LogP contribution in [0.15, 0.2) is 54.6 Å². The Morgan fingerprint density at radius 3 is 2.36 bits per heavy atom. The Morgan fingerprint density at radius 1 is 1.03 bits per heavy atom. The van der Waals surface area contributed by atoms with Gasteiger partial charge in [-0.2, -0.15) is 5.26 Å². The van der Waals surface area contributed by atoms with E-state index in [1.807, 2.05) is 30.3 Å². The van der Waals surface area contributed by atoms with E-state index in [2.05, 4.69) is 47.5 Å². The second-order valence-electron chi connectivity index (χ2n) is 8.84. The van der Waals surface area contributed by atoms with E-state index in [1.54, 1.807) is 4.90 Å². The van der Waals surface area contributed by atoms with Gasteiger partial charge in [-0.15, -0.1) is 0 Å². The van der Waals surface area contributed by atoms with Gasteiger partial charge in [0.2, 0.25) is 11.8 Å². The number of piperidine rings is 1. The lowest BCUT2D eigenvalue weighted by atomic mass is 9.99. The number of nitrogens with one attached hydrogen (secondary N) is 1. The molecule has 3 rings (SSSR count). The van der Waals surface area contributed by atoms with E-state index < -0.39 is 0 Å². The van der Waals surface area contributed by atoms with Crippen molar-refractivity contribution in [3.8, 4) is 6.07 Å². The molecule has 1 heterocycles. The molecular weight excluding hydrogens is 412 g/mol. The third kappa shape index (κ3) is 8.03. The van der Waals surface area contributed by atoms with Crippen LogP contribution in [0.5, 0.6) is 0 Å². The average molecular weight is 447 g/mol. The SMILES string of the molecule is CC1CCN(Cc2ccc(CNC(=O)CCC(=O)N(CCC#N)c3ccccc3)cc2)CC1. The normalized spacial score (nSPS) is 14.4. The minimum Gasteiger partial charge on any atom is -0.352 e. The lowest BCUT2D eigenvalue weighted by Crippen LogP contribution is -2.33. The predicted molar refractivity (Wildman–Crippen MR) is 130 cm³/mol. The van der Waals surface area contributed by atoms with E-state index in [0.717, 1.165) is 36.8 Å². The Kier molecular flexibility index (Phi) is 9.46. The maximum atomic E-state index is 12.7. The van der Waals surface area contributed by atoms with E-state index >= 15 is 0 Å². The summed E-state index contributed by atoms with van der Waals surface area (Å²) >= 11 is 0. The molecule has 1 aliphatic heterocycles. The lowest BCUT2D eigenvalue weighted by molar-refractivity contribution is -0.125. The van der Waals surface area contributed by atoms with E-state index in [-0.39, 0.29) is 31.1 Å². The average Bonchev–Trinajstić information content (AvgIpc) is 2.84. The molecule has 0 unspecified atom stereocenters. The van der Waals surface area contributed by atoms with Gasteiger partial charge in [-0.1, -0.05) is 49.4 Å². The summed E-state index contributed by atoms with van der Waals surface area (Å²) in [6.07, 6.45) is 3.03. The first-order valence-corrected chi connectivity index (χ1v) is 11.8. The molecule has 0 saturated carbocycles. The summed E-state index contributed by atoms with van der Waals surface area (Å²) in [4.78, 5) is 29.1. The van der Waals surface area contributed by atoms with E-state index in [9.17, 15) is 9.59 Å². The number of para-hydroxylation sites is 1. The fourth-order valence-electron chi connectivity index (χ4n) is 4.05. The third-order valence-electron chi connectivity index (χ3n) is 6.18. The monoisotopic (exact) mass is 446 g/mol. The van der Waals surface area contributed by atoms with Crippen LogP contribution in [-0.2, 0) is 22.7 Å². The molecule has 1 saturated heterocycles. The summed E-state index contributed by atoms with van der Waals surface area (Å²) in [5.41, 5.74) is 3.09. The van der Waals surface area contributed by atoms with Crippen LogP contribution in [0.2, 0.25) is 0 Å². The zero-order valence-corrected chi connectivity index (χ0v) is 19.5. The number of benzene rings is 2. The molecule has 2 aromatic rings. The van der Waals surface area contributed by atoms with Gasteiger partial charge in [-0.3, -0.25) is 14.5 Å². The predicted octanol–water partition coefficient (Wildman–Crippen LogP) is 4.26. The number of amides is 2. The zero-order valence-electron chi connectivity index (χ0n) is 19.5. The number of nitrogens with zero attached hydrogens (tertiary/aromatic N) is 3. The first-order chi connectivity index (χ1) is 16.0. The second-order valence-corrected chi connectivity index (χ2v) is 8.84. The van der Waals surface area contributed by atoms with Gasteiger partial charge in [-0.05, 0) is 55.1 Å². The van der Waals surface area contributed by atoms with Crippen LogP contribution >= 0.6 is 0 Å². The second kappa shape index (κ2) is 12.8. The Morgan fingerprint density at radius 2 is 1.70 bits per heavy atom. The molecule has 33 heavy (non-hydrogen) atoms. The number of anilines is 1. The number of likely N-dealkylation sites (tertiary alicyclic amines) is 1. The fraction of sp³-hybridized carbons (Fsp3) is 0.444. The van der Waals surface area contributed by atoms with Crippen LogP contribution in [0, 0.1) is 17.2 Å². The third-order valence-corrected chi connectivity index (χ3v) is 6.18. The van der Waals surface area contributed by atoms with Crippen molar-refractivity contribution >= 4 is 17.5 Å². The van der Waals surface area contributed by atoms with Gasteiger partial charge in [0, 0.05) is 38.2 Å². The Labute approximate surface area is 197 Å². The first kappa shape index (κ1) is 24.5. The lowest BCUT2D eigenvalue weighted by Gasteiger charge is -2.30. The van der Waals surface area contributed by atoms with Gasteiger partial charge in [0.25, 0.3) is 0 Å². The van der Waals surface area contributed by atoms with Crippen molar-refractivity contribution < 1.29 is 9.59 Å². The molecule has 0 spiro atoms. The summed E-state index contributed by atoms with van der Waals surface area (Å²) in [7, 11) is 0. The molecule has 0 aromatic heterocycles. The highest BCUT2D eigenvalue weighted by Crippen LogP contribution is 2.18. The molecular formula is C27H34N4O2. The highest BCUT2D eigenvalue weighted by atomic mass is 16.2. The van der Waals surface area contributed by atoms with E-state index in [4.69, 9.17) is 5.26 Å². The van der Waals surface area contributed by atoms with Gasteiger partial charge >= 0.3 is 0 Å². The molecule has 0 aliphatic carbocycles. The van der Waals surface area contributed by atoms with Crippen LogP contribution < -0.4 is 10.2 Å². The fourth-order valence-corrected chi connectivity index (χ4v) is 4.05. The molecule has 0 bridgehead atoms. The van der Waals surface area contributed by atoms with Crippen molar-refractivity contribution in [2.45, 2.75) is 52.1 Å². The molecule has 1 N–H and O–H groups in total. The number of hydrogen-bond acceptors (Lipinski definition) is 4. The number of nitriles is 1. The number of carbonyl (C=O) groups excluding carboxylic acids is 2. The highest BCUT2D eigenvalue weighted by Gasteiger charge is 2.17. The van der Waals surface area contributed by atoms with Crippen LogP contribution in [0.4, 0.5) is 5.69 Å². The van der Waals surface area contributed by atoms with Crippen molar-refractivity contribution in [1.29, 1.82) is 5.26 Å². The molecule has 6 nitrogen and oxygen atoms in total. The largest absolute Gasteiger partial charge is 0.352 e. The van der Waals surface area contributed by atoms with Crippen LogP contribution in [0.3, 0.4) is 0 Å². The molecule has 6 heteroatoms. The van der Waals surface area contributed by atoms with Crippen molar-refractivity contribution in [3.63, 3.8) is 0 Å². The van der Waals surface area contributed by atoms with Crippen molar-refractivity contribution in [3.05, 3.63) is 65.7 Å². The molecule has 0 radical (unpaired) electrons. The van der Waals surface area contributed by atoms with Crippen molar-refractivity contribution in [1.82, 2.24) is 10.2 Å². The standard InChI is InChI=1S/C27H34N4O2/c1-22-14-18-30(19-15-22)21-24-10-8-23(9-11-24)20-29-26(32)12-13-27(33)31(17-5-16-28)25-6-3-2-4-7-25/h2-4,6-11,22H,5,12-15,17-21H2,1H3,(H,29,32). The van der Waals surface area contributed by atoms with E-state index in [0.29, 0.717) is 13.1 Å². The van der Waals surface area contributed by atoms with E-state index in [1.165, 1.54) is 18.4 Å². The van der Waals surface area contributed by atoms with Gasteiger partial charge in [0.1, 0.15) is 0 Å². The Bertz CT molecular complexity index is 929. The van der Waals surface area contributed by atoms with Crippen molar-refractivity contribution in [2.75, 3.05) is 24.5 Å². The molecule has 0 atom stereocenters.